The highest BCUT2D eigenvalue weighted by Crippen LogP contribution is 2.23. The molecule has 0 spiro atoms. The van der Waals surface area contributed by atoms with Crippen molar-refractivity contribution in [1.82, 2.24) is 9.88 Å². The second kappa shape index (κ2) is 8.07. The Kier molecular flexibility index (Phi) is 5.76. The number of aryl methyl sites for hydroxylation is 1. The molecule has 2 aromatic carbocycles. The predicted octanol–water partition coefficient (Wildman–Crippen LogP) is 4.09. The maximum absolute atomic E-state index is 13.0. The minimum Gasteiger partial charge on any atom is -0.322 e. The van der Waals surface area contributed by atoms with Crippen LogP contribution in [0.25, 0.3) is 0 Å². The summed E-state index contributed by atoms with van der Waals surface area (Å²) in [7, 11) is -2.09. The maximum atomic E-state index is 13.0. The topological polar surface area (TPSA) is 79.4 Å². The molecule has 0 aliphatic heterocycles. The van der Waals surface area contributed by atoms with Crippen molar-refractivity contribution in [3.8, 4) is 0 Å². The molecule has 0 aliphatic carbocycles. The predicted molar refractivity (Wildman–Crippen MR) is 106 cm³/mol. The van der Waals surface area contributed by atoms with Crippen LogP contribution in [0.4, 0.5) is 14.9 Å². The molecule has 1 heterocycles. The van der Waals surface area contributed by atoms with Crippen LogP contribution in [0.15, 0.2) is 64.5 Å². The molecule has 0 aliphatic rings. The van der Waals surface area contributed by atoms with Gasteiger partial charge in [0.1, 0.15) is 5.82 Å². The van der Waals surface area contributed by atoms with Crippen LogP contribution in [-0.4, -0.2) is 31.4 Å². The lowest BCUT2D eigenvalue weighted by molar-refractivity contribution is 0.221. The molecule has 146 valence electrons. The van der Waals surface area contributed by atoms with Gasteiger partial charge in [0.15, 0.2) is 0 Å². The van der Waals surface area contributed by atoms with Gasteiger partial charge in [-0.15, -0.1) is 11.3 Å². The van der Waals surface area contributed by atoms with Crippen LogP contribution < -0.4 is 5.32 Å². The fraction of sp³-hybridized carbons (Fsp3) is 0.158. The summed E-state index contributed by atoms with van der Waals surface area (Å²) < 4.78 is 38.2. The zero-order valence-corrected chi connectivity index (χ0v) is 16.8. The van der Waals surface area contributed by atoms with E-state index in [-0.39, 0.29) is 15.8 Å². The number of carbonyl (C=O) groups is 1. The van der Waals surface area contributed by atoms with Crippen LogP contribution in [-0.2, 0) is 16.4 Å². The van der Waals surface area contributed by atoms with Crippen LogP contribution in [0.1, 0.15) is 9.88 Å². The molecular weight excluding hydrogens is 401 g/mol. The second-order valence-electron chi connectivity index (χ2n) is 6.11. The van der Waals surface area contributed by atoms with Crippen molar-refractivity contribution in [3.63, 3.8) is 0 Å². The van der Waals surface area contributed by atoms with Gasteiger partial charge in [0.2, 0.25) is 9.84 Å². The number of sulfone groups is 1. The van der Waals surface area contributed by atoms with E-state index in [1.54, 1.807) is 13.2 Å². The molecule has 6 nitrogen and oxygen atoms in total. The van der Waals surface area contributed by atoms with Gasteiger partial charge in [-0.1, -0.05) is 0 Å². The Morgan fingerprint density at radius 1 is 1.11 bits per heavy atom. The number of rotatable bonds is 5. The van der Waals surface area contributed by atoms with E-state index in [2.05, 4.69) is 10.3 Å². The molecule has 9 heteroatoms. The standard InChI is InChI=1S/C19H18FN3O3S2/c1-13-21-11-16(27-13)12-23(2)19(24)22-15-5-9-18(10-6-15)28(25,26)17-7-3-14(20)4-8-17/h3-11H,12H2,1-2H3,(H,22,24). The van der Waals surface area contributed by atoms with Gasteiger partial charge in [-0.25, -0.2) is 22.6 Å². The van der Waals surface area contributed by atoms with Crippen LogP contribution in [0.5, 0.6) is 0 Å². The number of thiazole rings is 1. The van der Waals surface area contributed by atoms with Gasteiger partial charge in [0.05, 0.1) is 21.3 Å². The average molecular weight is 420 g/mol. The molecule has 3 rings (SSSR count). The number of nitrogens with zero attached hydrogens (tertiary/aromatic N) is 2. The van der Waals surface area contributed by atoms with Gasteiger partial charge in [-0.3, -0.25) is 0 Å². The van der Waals surface area contributed by atoms with Crippen LogP contribution in [0.2, 0.25) is 0 Å². The molecule has 0 unspecified atom stereocenters. The van der Waals surface area contributed by atoms with Crippen molar-refractivity contribution < 1.29 is 17.6 Å². The molecular formula is C19H18FN3O3S2. The van der Waals surface area contributed by atoms with Crippen molar-refractivity contribution in [3.05, 3.63) is 70.4 Å². The first-order valence-electron chi connectivity index (χ1n) is 8.30. The summed E-state index contributed by atoms with van der Waals surface area (Å²) in [5.74, 6) is -0.505. The fourth-order valence-electron chi connectivity index (χ4n) is 2.47. The van der Waals surface area contributed by atoms with Gasteiger partial charge >= 0.3 is 6.03 Å². The minimum absolute atomic E-state index is 0.00488. The fourth-order valence-corrected chi connectivity index (χ4v) is 4.58. The number of carbonyl (C=O) groups excluding carboxylic acids is 1. The minimum atomic E-state index is -3.75. The second-order valence-corrected chi connectivity index (χ2v) is 9.38. The Morgan fingerprint density at radius 3 is 2.21 bits per heavy atom. The number of urea groups is 1. The number of nitrogens with one attached hydrogen (secondary N) is 1. The summed E-state index contributed by atoms with van der Waals surface area (Å²) in [6.45, 7) is 2.32. The summed E-state index contributed by atoms with van der Waals surface area (Å²) in [6, 6.07) is 10.1. The molecule has 1 N–H and O–H groups in total. The van der Waals surface area contributed by atoms with E-state index in [9.17, 15) is 17.6 Å². The molecule has 0 radical (unpaired) electrons. The van der Waals surface area contributed by atoms with Gasteiger partial charge < -0.3 is 10.2 Å². The molecule has 0 saturated heterocycles. The Morgan fingerprint density at radius 2 is 1.68 bits per heavy atom. The Labute approximate surface area is 166 Å². The third-order valence-electron chi connectivity index (χ3n) is 3.95. The van der Waals surface area contributed by atoms with Gasteiger partial charge in [0, 0.05) is 23.8 Å². The molecule has 28 heavy (non-hydrogen) atoms. The van der Waals surface area contributed by atoms with Crippen LogP contribution >= 0.6 is 11.3 Å². The van der Waals surface area contributed by atoms with Crippen molar-refractivity contribution in [2.45, 2.75) is 23.3 Å². The normalized spacial score (nSPS) is 11.2. The van der Waals surface area contributed by atoms with E-state index >= 15 is 0 Å². The summed E-state index contributed by atoms with van der Waals surface area (Å²) in [5, 5.41) is 3.65. The lowest BCUT2D eigenvalue weighted by atomic mass is 10.3. The lowest BCUT2D eigenvalue weighted by Crippen LogP contribution is -2.30. The smallest absolute Gasteiger partial charge is 0.321 e. The van der Waals surface area contributed by atoms with Gasteiger partial charge in [0.25, 0.3) is 0 Å². The largest absolute Gasteiger partial charge is 0.322 e. The average Bonchev–Trinajstić information content (AvgIpc) is 3.07. The highest BCUT2D eigenvalue weighted by atomic mass is 32.2. The lowest BCUT2D eigenvalue weighted by Gasteiger charge is -2.17. The zero-order chi connectivity index (χ0) is 20.3. The molecule has 2 amide bonds. The number of anilines is 1. The van der Waals surface area contributed by atoms with Crippen molar-refractivity contribution in [1.29, 1.82) is 0 Å². The molecule has 0 atom stereocenters. The first-order valence-corrected chi connectivity index (χ1v) is 10.6. The van der Waals surface area contributed by atoms with Crippen molar-refractivity contribution in [2.75, 3.05) is 12.4 Å². The number of halogens is 1. The van der Waals surface area contributed by atoms with Gasteiger partial charge in [-0.2, -0.15) is 0 Å². The Bertz CT molecular complexity index is 1080. The van der Waals surface area contributed by atoms with E-state index in [1.165, 1.54) is 52.6 Å². The number of hydrogen-bond acceptors (Lipinski definition) is 5. The van der Waals surface area contributed by atoms with E-state index < -0.39 is 15.7 Å². The zero-order valence-electron chi connectivity index (χ0n) is 15.2. The number of aromatic nitrogens is 1. The third kappa shape index (κ3) is 4.55. The summed E-state index contributed by atoms with van der Waals surface area (Å²) >= 11 is 1.52. The Hall–Kier alpha value is -2.78. The van der Waals surface area contributed by atoms with E-state index in [4.69, 9.17) is 0 Å². The van der Waals surface area contributed by atoms with Crippen LogP contribution in [0, 0.1) is 12.7 Å². The van der Waals surface area contributed by atoms with Crippen molar-refractivity contribution in [2.24, 2.45) is 0 Å². The SMILES string of the molecule is Cc1ncc(CN(C)C(=O)Nc2ccc(S(=O)(=O)c3ccc(F)cc3)cc2)s1. The third-order valence-corrected chi connectivity index (χ3v) is 6.63. The highest BCUT2D eigenvalue weighted by Gasteiger charge is 2.18. The van der Waals surface area contributed by atoms with Gasteiger partial charge in [-0.05, 0) is 55.5 Å². The summed E-state index contributed by atoms with van der Waals surface area (Å²) in [5.41, 5.74) is 0.468. The number of benzene rings is 2. The highest BCUT2D eigenvalue weighted by molar-refractivity contribution is 7.91. The van der Waals surface area contributed by atoms with E-state index in [0.717, 1.165) is 22.0 Å². The van der Waals surface area contributed by atoms with Crippen LogP contribution in [0.3, 0.4) is 0 Å². The molecule has 1 aromatic heterocycles. The van der Waals surface area contributed by atoms with Crippen molar-refractivity contribution >= 4 is 32.9 Å². The van der Waals surface area contributed by atoms with E-state index in [1.807, 2.05) is 6.92 Å². The molecule has 0 bridgehead atoms. The maximum Gasteiger partial charge on any atom is 0.321 e. The molecule has 0 fully saturated rings. The summed E-state index contributed by atoms with van der Waals surface area (Å²) in [4.78, 5) is 19.0. The number of amides is 2. The summed E-state index contributed by atoms with van der Waals surface area (Å²) in [6.07, 6.45) is 1.74. The first kappa shape index (κ1) is 20.0. The quantitative estimate of drug-likeness (QED) is 0.632. The monoisotopic (exact) mass is 419 g/mol. The molecule has 3 aromatic rings. The number of hydrogen-bond donors (Lipinski definition) is 1. The Balaban J connectivity index is 1.68. The first-order chi connectivity index (χ1) is 13.3. The molecule has 0 saturated carbocycles. The van der Waals surface area contributed by atoms with E-state index in [0.29, 0.717) is 12.2 Å².